The number of carbonyl (C=O) groups is 1. The number of halogens is 2. The van der Waals surface area contributed by atoms with Gasteiger partial charge in [0, 0.05) is 12.7 Å². The second-order valence-corrected chi connectivity index (χ2v) is 5.86. The summed E-state index contributed by atoms with van der Waals surface area (Å²) in [5, 5.41) is 0. The summed E-state index contributed by atoms with van der Waals surface area (Å²) in [5.41, 5.74) is 4.96. The van der Waals surface area contributed by atoms with Crippen molar-refractivity contribution in [3.05, 3.63) is 23.8 Å². The van der Waals surface area contributed by atoms with Crippen LogP contribution in [0.25, 0.3) is 0 Å². The Balaban J connectivity index is 3.14. The van der Waals surface area contributed by atoms with Gasteiger partial charge in [-0.2, -0.15) is 4.31 Å². The Bertz CT molecular complexity index is 596. The van der Waals surface area contributed by atoms with Crippen LogP contribution in [-0.2, 0) is 19.6 Å². The zero-order chi connectivity index (χ0) is 15.5. The van der Waals surface area contributed by atoms with E-state index >= 15 is 0 Å². The molecule has 0 bridgehead atoms. The molecule has 2 N–H and O–H groups in total. The minimum absolute atomic E-state index is 0.0668. The number of nitrogens with two attached hydrogens (primary N) is 1. The highest BCUT2D eigenvalue weighted by molar-refractivity contribution is 7.89. The fourth-order valence-electron chi connectivity index (χ4n) is 1.46. The van der Waals surface area contributed by atoms with Gasteiger partial charge in [0.25, 0.3) is 0 Å². The van der Waals surface area contributed by atoms with Crippen molar-refractivity contribution in [1.82, 2.24) is 4.31 Å². The number of hydrogen-bond acceptors (Lipinski definition) is 5. The first-order valence-corrected chi connectivity index (χ1v) is 7.00. The predicted molar refractivity (Wildman–Crippen MR) is 67.2 cm³/mol. The van der Waals surface area contributed by atoms with E-state index in [4.69, 9.17) is 5.73 Å². The molecular formula is C11H14F2N2O4S. The van der Waals surface area contributed by atoms with Crippen LogP contribution >= 0.6 is 0 Å². The van der Waals surface area contributed by atoms with Gasteiger partial charge in [-0.05, 0) is 19.1 Å². The molecule has 0 saturated heterocycles. The van der Waals surface area contributed by atoms with Gasteiger partial charge in [-0.25, -0.2) is 17.2 Å². The van der Waals surface area contributed by atoms with Crippen LogP contribution in [0.4, 0.5) is 14.5 Å². The fraction of sp³-hybridized carbons (Fsp3) is 0.364. The molecule has 0 aliphatic heterocycles. The zero-order valence-corrected chi connectivity index (χ0v) is 11.7. The normalized spacial score (nSPS) is 11.7. The lowest BCUT2D eigenvalue weighted by atomic mass is 10.3. The minimum Gasteiger partial charge on any atom is -0.465 e. The average molecular weight is 308 g/mol. The monoisotopic (exact) mass is 308 g/mol. The van der Waals surface area contributed by atoms with Crippen molar-refractivity contribution < 1.29 is 26.7 Å². The number of esters is 1. The van der Waals surface area contributed by atoms with Crippen LogP contribution in [0.15, 0.2) is 17.0 Å². The van der Waals surface area contributed by atoms with Crippen molar-refractivity contribution >= 4 is 21.7 Å². The number of carbonyl (C=O) groups excluding carboxylic acids is 1. The van der Waals surface area contributed by atoms with E-state index in [2.05, 4.69) is 4.74 Å². The van der Waals surface area contributed by atoms with Crippen LogP contribution in [0.3, 0.4) is 0 Å². The summed E-state index contributed by atoms with van der Waals surface area (Å²) in [7, 11) is -3.49. The van der Waals surface area contributed by atoms with Gasteiger partial charge in [0.05, 0.1) is 6.61 Å². The maximum Gasteiger partial charge on any atom is 0.321 e. The standard InChI is InChI=1S/C11H14F2N2O4S/c1-3-19-10(16)6-15(2)20(17,18)11-8(12)4-7(14)5-9(11)13/h4-5H,3,6,14H2,1-2H3. The molecule has 0 atom stereocenters. The van der Waals surface area contributed by atoms with Gasteiger partial charge in [0.15, 0.2) is 4.90 Å². The molecule has 0 fully saturated rings. The Kier molecular flexibility index (Phi) is 5.01. The van der Waals surface area contributed by atoms with E-state index in [-0.39, 0.29) is 12.3 Å². The van der Waals surface area contributed by atoms with Crippen LogP contribution in [0, 0.1) is 11.6 Å². The maximum atomic E-state index is 13.6. The Morgan fingerprint density at radius 3 is 2.30 bits per heavy atom. The minimum atomic E-state index is -4.50. The lowest BCUT2D eigenvalue weighted by molar-refractivity contribution is -0.143. The lowest BCUT2D eigenvalue weighted by Crippen LogP contribution is -2.34. The van der Waals surface area contributed by atoms with Crippen molar-refractivity contribution in [3.63, 3.8) is 0 Å². The third-order valence-electron chi connectivity index (χ3n) is 2.35. The molecule has 0 radical (unpaired) electrons. The fourth-order valence-corrected chi connectivity index (χ4v) is 2.65. The van der Waals surface area contributed by atoms with Crippen molar-refractivity contribution in [3.8, 4) is 0 Å². The van der Waals surface area contributed by atoms with Gasteiger partial charge < -0.3 is 10.5 Å². The third kappa shape index (κ3) is 3.42. The molecule has 0 unspecified atom stereocenters. The first-order chi connectivity index (χ1) is 9.20. The molecule has 9 heteroatoms. The van der Waals surface area contributed by atoms with Gasteiger partial charge in [0.1, 0.15) is 18.2 Å². The molecule has 0 aromatic heterocycles. The molecule has 1 rings (SSSR count). The van der Waals surface area contributed by atoms with Gasteiger partial charge in [0.2, 0.25) is 10.0 Å². The van der Waals surface area contributed by atoms with Gasteiger partial charge in [-0.15, -0.1) is 0 Å². The summed E-state index contributed by atoms with van der Waals surface area (Å²) >= 11 is 0. The van der Waals surface area contributed by atoms with Gasteiger partial charge in [-0.3, -0.25) is 4.79 Å². The average Bonchev–Trinajstić information content (AvgIpc) is 2.26. The van der Waals surface area contributed by atoms with Crippen LogP contribution in [0.1, 0.15) is 6.92 Å². The van der Waals surface area contributed by atoms with Crippen LogP contribution in [0.5, 0.6) is 0 Å². The number of nitrogens with zero attached hydrogens (tertiary/aromatic N) is 1. The molecule has 0 amide bonds. The van der Waals surface area contributed by atoms with Gasteiger partial charge >= 0.3 is 5.97 Å². The van der Waals surface area contributed by atoms with E-state index in [0.717, 1.165) is 7.05 Å². The molecule has 0 aliphatic carbocycles. The summed E-state index contributed by atoms with van der Waals surface area (Å²) in [6.45, 7) is 0.961. The van der Waals surface area contributed by atoms with Crippen molar-refractivity contribution in [2.24, 2.45) is 0 Å². The summed E-state index contributed by atoms with van der Waals surface area (Å²) in [5.74, 6) is -3.47. The largest absolute Gasteiger partial charge is 0.465 e. The van der Waals surface area contributed by atoms with Gasteiger partial charge in [-0.1, -0.05) is 0 Å². The van der Waals surface area contributed by atoms with Crippen LogP contribution in [0.2, 0.25) is 0 Å². The molecule has 1 aromatic carbocycles. The topological polar surface area (TPSA) is 89.7 Å². The number of hydrogen-bond donors (Lipinski definition) is 1. The van der Waals surface area contributed by atoms with Crippen molar-refractivity contribution in [1.29, 1.82) is 0 Å². The Morgan fingerprint density at radius 1 is 1.35 bits per heavy atom. The lowest BCUT2D eigenvalue weighted by Gasteiger charge is -2.17. The van der Waals surface area contributed by atoms with Crippen molar-refractivity contribution in [2.45, 2.75) is 11.8 Å². The molecule has 6 nitrogen and oxygen atoms in total. The third-order valence-corrected chi connectivity index (χ3v) is 4.20. The Labute approximate surface area is 115 Å². The van der Waals surface area contributed by atoms with E-state index in [9.17, 15) is 22.0 Å². The number of anilines is 1. The molecule has 112 valence electrons. The number of likely N-dealkylation sites (N-methyl/N-ethyl adjacent to an activating group) is 1. The number of sulfonamides is 1. The van der Waals surface area contributed by atoms with Crippen LogP contribution in [-0.4, -0.2) is 38.9 Å². The van der Waals surface area contributed by atoms with E-state index < -0.39 is 39.1 Å². The van der Waals surface area contributed by atoms with E-state index in [0.29, 0.717) is 16.4 Å². The molecule has 0 heterocycles. The first kappa shape index (κ1) is 16.3. The van der Waals surface area contributed by atoms with Crippen LogP contribution < -0.4 is 5.73 Å². The molecule has 1 aromatic rings. The molecular weight excluding hydrogens is 294 g/mol. The number of rotatable bonds is 5. The Hall–Kier alpha value is -1.74. The number of ether oxygens (including phenoxy) is 1. The molecule has 0 spiro atoms. The zero-order valence-electron chi connectivity index (χ0n) is 10.9. The quantitative estimate of drug-likeness (QED) is 0.640. The predicted octanol–water partition coefficient (Wildman–Crippen LogP) is 0.731. The smallest absolute Gasteiger partial charge is 0.321 e. The number of nitrogen functional groups attached to an aromatic ring is 1. The summed E-state index contributed by atoms with van der Waals surface area (Å²) in [6, 6.07) is 1.38. The van der Waals surface area contributed by atoms with E-state index in [1.807, 2.05) is 0 Å². The molecule has 0 saturated carbocycles. The van der Waals surface area contributed by atoms with E-state index in [1.165, 1.54) is 0 Å². The highest BCUT2D eigenvalue weighted by atomic mass is 32.2. The SMILES string of the molecule is CCOC(=O)CN(C)S(=O)(=O)c1c(F)cc(N)cc1F. The maximum absolute atomic E-state index is 13.6. The first-order valence-electron chi connectivity index (χ1n) is 5.56. The van der Waals surface area contributed by atoms with E-state index in [1.54, 1.807) is 6.92 Å². The van der Waals surface area contributed by atoms with Crippen molar-refractivity contribution in [2.75, 3.05) is 25.9 Å². The summed E-state index contributed by atoms with van der Waals surface area (Å²) in [4.78, 5) is 10.1. The second kappa shape index (κ2) is 6.14. The highest BCUT2D eigenvalue weighted by Crippen LogP contribution is 2.24. The molecule has 0 aliphatic rings. The highest BCUT2D eigenvalue weighted by Gasteiger charge is 2.30. The molecule has 20 heavy (non-hydrogen) atoms. The Morgan fingerprint density at radius 2 is 1.85 bits per heavy atom. The summed E-state index contributed by atoms with van der Waals surface area (Å²) in [6.07, 6.45) is 0. The number of benzene rings is 1. The summed E-state index contributed by atoms with van der Waals surface area (Å²) < 4.78 is 56.3. The second-order valence-electron chi connectivity index (χ2n) is 3.88.